The van der Waals surface area contributed by atoms with Gasteiger partial charge in [-0.2, -0.15) is 0 Å². The number of carbonyl (C=O) groups is 1. The minimum atomic E-state index is -1.06. The lowest BCUT2D eigenvalue weighted by Crippen LogP contribution is -2.00. The molecule has 2 N–H and O–H groups in total. The van der Waals surface area contributed by atoms with Gasteiger partial charge >= 0.3 is 5.97 Å². The van der Waals surface area contributed by atoms with Gasteiger partial charge in [0.2, 0.25) is 0 Å². The second kappa shape index (κ2) is 5.25. The van der Waals surface area contributed by atoms with Crippen LogP contribution in [-0.4, -0.2) is 16.1 Å². The summed E-state index contributed by atoms with van der Waals surface area (Å²) in [5.74, 6) is -1.06. The second-order valence-corrected chi connectivity index (χ2v) is 4.31. The fraction of sp³-hybridized carbons (Fsp3) is 0. The molecule has 92 valence electrons. The molecule has 1 aromatic carbocycles. The fourth-order valence-electron chi connectivity index (χ4n) is 1.33. The standard InChI is InChI=1S/C12H8Cl2N2O2/c13-9-3-1-7(5-10(9)14)16-8-2-4-11(12(17)18)15-6-8/h1-6,16H,(H,17,18). The maximum Gasteiger partial charge on any atom is 0.354 e. The molecule has 0 saturated heterocycles. The molecule has 1 aromatic heterocycles. The largest absolute Gasteiger partial charge is 0.477 e. The molecule has 4 nitrogen and oxygen atoms in total. The first-order chi connectivity index (χ1) is 8.56. The van der Waals surface area contributed by atoms with Crippen molar-refractivity contribution in [3.63, 3.8) is 0 Å². The molecule has 2 aromatic rings. The highest BCUT2D eigenvalue weighted by molar-refractivity contribution is 6.42. The highest BCUT2D eigenvalue weighted by atomic mass is 35.5. The first kappa shape index (κ1) is 12.7. The van der Waals surface area contributed by atoms with Gasteiger partial charge < -0.3 is 10.4 Å². The van der Waals surface area contributed by atoms with Crippen molar-refractivity contribution < 1.29 is 9.90 Å². The molecule has 0 saturated carbocycles. The molecule has 0 bridgehead atoms. The van der Waals surface area contributed by atoms with Crippen molar-refractivity contribution in [2.45, 2.75) is 0 Å². The molecule has 0 aliphatic heterocycles. The number of carboxylic acid groups (broad SMARTS) is 1. The summed E-state index contributed by atoms with van der Waals surface area (Å²) in [4.78, 5) is 14.4. The van der Waals surface area contributed by atoms with Crippen LogP contribution in [0.2, 0.25) is 10.0 Å². The zero-order chi connectivity index (χ0) is 13.1. The van der Waals surface area contributed by atoms with E-state index in [1.54, 1.807) is 24.3 Å². The number of nitrogens with one attached hydrogen (secondary N) is 1. The predicted molar refractivity (Wildman–Crippen MR) is 70.9 cm³/mol. The van der Waals surface area contributed by atoms with Crippen LogP contribution in [0.3, 0.4) is 0 Å². The average Bonchev–Trinajstić information content (AvgIpc) is 2.34. The van der Waals surface area contributed by atoms with Gasteiger partial charge in [0.25, 0.3) is 0 Å². The van der Waals surface area contributed by atoms with Crippen molar-refractivity contribution in [3.05, 3.63) is 52.3 Å². The Hall–Kier alpha value is -1.78. The predicted octanol–water partition coefficient (Wildman–Crippen LogP) is 3.83. The summed E-state index contributed by atoms with van der Waals surface area (Å²) in [6.45, 7) is 0. The van der Waals surface area contributed by atoms with Crippen molar-refractivity contribution in [3.8, 4) is 0 Å². The van der Waals surface area contributed by atoms with Crippen molar-refractivity contribution in [2.75, 3.05) is 5.32 Å². The highest BCUT2D eigenvalue weighted by Gasteiger charge is 2.04. The third-order valence-corrected chi connectivity index (χ3v) is 2.93. The topological polar surface area (TPSA) is 62.2 Å². The Morgan fingerprint density at radius 1 is 1.11 bits per heavy atom. The summed E-state index contributed by atoms with van der Waals surface area (Å²) in [7, 11) is 0. The summed E-state index contributed by atoms with van der Waals surface area (Å²) >= 11 is 11.7. The van der Waals surface area contributed by atoms with E-state index in [2.05, 4.69) is 10.3 Å². The monoisotopic (exact) mass is 282 g/mol. The van der Waals surface area contributed by atoms with Crippen molar-refractivity contribution in [1.82, 2.24) is 4.98 Å². The van der Waals surface area contributed by atoms with Gasteiger partial charge in [0.05, 0.1) is 21.9 Å². The average molecular weight is 283 g/mol. The van der Waals surface area contributed by atoms with Crippen LogP contribution in [0.5, 0.6) is 0 Å². The molecule has 0 radical (unpaired) electrons. The van der Waals surface area contributed by atoms with Gasteiger partial charge in [0.15, 0.2) is 0 Å². The zero-order valence-electron chi connectivity index (χ0n) is 9.02. The summed E-state index contributed by atoms with van der Waals surface area (Å²) in [5.41, 5.74) is 1.40. The molecular formula is C12H8Cl2N2O2. The van der Waals surface area contributed by atoms with Gasteiger partial charge in [-0.3, -0.25) is 0 Å². The Bertz CT molecular complexity index is 585. The van der Waals surface area contributed by atoms with Gasteiger partial charge in [-0.05, 0) is 30.3 Å². The number of aromatic carboxylic acids is 1. The molecular weight excluding hydrogens is 275 g/mol. The van der Waals surface area contributed by atoms with Crippen molar-refractivity contribution >= 4 is 40.5 Å². The number of nitrogens with zero attached hydrogens (tertiary/aromatic N) is 1. The van der Waals surface area contributed by atoms with Gasteiger partial charge in [0.1, 0.15) is 5.69 Å². The summed E-state index contributed by atoms with van der Waals surface area (Å²) < 4.78 is 0. The van der Waals surface area contributed by atoms with E-state index < -0.39 is 5.97 Å². The lowest BCUT2D eigenvalue weighted by Gasteiger charge is -2.07. The van der Waals surface area contributed by atoms with E-state index in [9.17, 15) is 4.79 Å². The van der Waals surface area contributed by atoms with Gasteiger partial charge in [-0.25, -0.2) is 9.78 Å². The molecule has 18 heavy (non-hydrogen) atoms. The van der Waals surface area contributed by atoms with Crippen LogP contribution in [0.25, 0.3) is 0 Å². The van der Waals surface area contributed by atoms with E-state index in [0.717, 1.165) is 5.69 Å². The van der Waals surface area contributed by atoms with Crippen LogP contribution in [0.1, 0.15) is 10.5 Å². The molecule has 0 atom stereocenters. The van der Waals surface area contributed by atoms with Crippen LogP contribution in [0, 0.1) is 0 Å². The maximum absolute atomic E-state index is 10.6. The minimum absolute atomic E-state index is 0.00492. The van der Waals surface area contributed by atoms with E-state index in [1.165, 1.54) is 12.3 Å². The molecule has 0 amide bonds. The summed E-state index contributed by atoms with van der Waals surface area (Å²) in [6.07, 6.45) is 1.44. The number of carboxylic acids is 1. The molecule has 1 heterocycles. The number of anilines is 2. The van der Waals surface area contributed by atoms with Crippen molar-refractivity contribution in [2.24, 2.45) is 0 Å². The molecule has 6 heteroatoms. The minimum Gasteiger partial charge on any atom is -0.477 e. The lowest BCUT2D eigenvalue weighted by molar-refractivity contribution is 0.0690. The second-order valence-electron chi connectivity index (χ2n) is 3.49. The molecule has 0 aliphatic rings. The van der Waals surface area contributed by atoms with Gasteiger partial charge in [0, 0.05) is 5.69 Å². The van der Waals surface area contributed by atoms with Crippen LogP contribution in [0.15, 0.2) is 36.5 Å². The summed E-state index contributed by atoms with van der Waals surface area (Å²) in [5, 5.41) is 12.7. The normalized spacial score (nSPS) is 10.1. The third-order valence-electron chi connectivity index (χ3n) is 2.19. The Morgan fingerprint density at radius 2 is 1.83 bits per heavy atom. The smallest absolute Gasteiger partial charge is 0.354 e. The van der Waals surface area contributed by atoms with E-state index in [1.807, 2.05) is 0 Å². The Kier molecular flexibility index (Phi) is 3.69. The molecule has 0 spiro atoms. The number of aromatic nitrogens is 1. The zero-order valence-corrected chi connectivity index (χ0v) is 10.5. The van der Waals surface area contributed by atoms with E-state index in [-0.39, 0.29) is 5.69 Å². The van der Waals surface area contributed by atoms with E-state index >= 15 is 0 Å². The first-order valence-corrected chi connectivity index (χ1v) is 5.73. The fourth-order valence-corrected chi connectivity index (χ4v) is 1.63. The van der Waals surface area contributed by atoms with E-state index in [0.29, 0.717) is 15.7 Å². The van der Waals surface area contributed by atoms with Crippen LogP contribution >= 0.6 is 23.2 Å². The molecule has 2 rings (SSSR count). The third kappa shape index (κ3) is 2.91. The SMILES string of the molecule is O=C(O)c1ccc(Nc2ccc(Cl)c(Cl)c2)cn1. The summed E-state index contributed by atoms with van der Waals surface area (Å²) in [6, 6.07) is 8.15. The Labute approximate surface area is 113 Å². The molecule has 0 fully saturated rings. The van der Waals surface area contributed by atoms with Crippen molar-refractivity contribution in [1.29, 1.82) is 0 Å². The van der Waals surface area contributed by atoms with E-state index in [4.69, 9.17) is 28.3 Å². The Morgan fingerprint density at radius 3 is 2.39 bits per heavy atom. The number of hydrogen-bond donors (Lipinski definition) is 2. The van der Waals surface area contributed by atoms with Crippen LogP contribution in [0.4, 0.5) is 11.4 Å². The maximum atomic E-state index is 10.6. The lowest BCUT2D eigenvalue weighted by atomic mass is 10.3. The number of pyridine rings is 1. The Balaban J connectivity index is 2.18. The van der Waals surface area contributed by atoms with Crippen LogP contribution < -0.4 is 5.32 Å². The number of rotatable bonds is 3. The van der Waals surface area contributed by atoms with Gasteiger partial charge in [-0.1, -0.05) is 23.2 Å². The van der Waals surface area contributed by atoms with Crippen LogP contribution in [-0.2, 0) is 0 Å². The number of benzene rings is 1. The number of hydrogen-bond acceptors (Lipinski definition) is 3. The van der Waals surface area contributed by atoms with Gasteiger partial charge in [-0.15, -0.1) is 0 Å². The molecule has 0 aliphatic carbocycles. The highest BCUT2D eigenvalue weighted by Crippen LogP contribution is 2.26. The quantitative estimate of drug-likeness (QED) is 0.898. The first-order valence-electron chi connectivity index (χ1n) is 4.97. The number of halogens is 2. The molecule has 0 unspecified atom stereocenters.